The molecular formula is C22H27N3O2. The summed E-state index contributed by atoms with van der Waals surface area (Å²) in [5.41, 5.74) is 2.40. The summed E-state index contributed by atoms with van der Waals surface area (Å²) in [7, 11) is 1.70. The third-order valence-corrected chi connectivity index (χ3v) is 6.10. The maximum Gasteiger partial charge on any atom is 0.255 e. The molecule has 1 aromatic carbocycles. The number of piperidine rings is 1. The van der Waals surface area contributed by atoms with Gasteiger partial charge in [-0.2, -0.15) is 0 Å². The molecule has 5 nitrogen and oxygen atoms in total. The number of amides is 1. The molecule has 27 heavy (non-hydrogen) atoms. The first-order chi connectivity index (χ1) is 13.2. The first kappa shape index (κ1) is 18.0. The highest BCUT2D eigenvalue weighted by molar-refractivity contribution is 5.93. The van der Waals surface area contributed by atoms with Crippen LogP contribution in [0.4, 0.5) is 0 Å². The lowest BCUT2D eigenvalue weighted by Crippen LogP contribution is -2.44. The smallest absolute Gasteiger partial charge is 0.255 e. The number of likely N-dealkylation sites (tertiary alicyclic amines) is 2. The second kappa shape index (κ2) is 7.69. The van der Waals surface area contributed by atoms with Crippen LogP contribution in [0.3, 0.4) is 0 Å². The van der Waals surface area contributed by atoms with E-state index in [1.54, 1.807) is 19.5 Å². The molecule has 0 saturated carbocycles. The van der Waals surface area contributed by atoms with Crippen LogP contribution in [0.15, 0.2) is 48.8 Å². The molecule has 1 aromatic heterocycles. The molecule has 2 aliphatic heterocycles. The van der Waals surface area contributed by atoms with Crippen molar-refractivity contribution in [1.29, 1.82) is 0 Å². The van der Waals surface area contributed by atoms with E-state index in [1.807, 2.05) is 29.2 Å². The molecule has 1 spiro atoms. The maximum atomic E-state index is 12.6. The Hall–Kier alpha value is -2.40. The van der Waals surface area contributed by atoms with Crippen molar-refractivity contribution < 1.29 is 9.53 Å². The number of hydrogen-bond donors (Lipinski definition) is 0. The van der Waals surface area contributed by atoms with Gasteiger partial charge in [-0.3, -0.25) is 14.7 Å². The second-order valence-electron chi connectivity index (χ2n) is 7.84. The van der Waals surface area contributed by atoms with Gasteiger partial charge in [-0.05, 0) is 61.1 Å². The number of aromatic nitrogens is 1. The largest absolute Gasteiger partial charge is 0.497 e. The van der Waals surface area contributed by atoms with Crippen molar-refractivity contribution in [3.8, 4) is 5.75 Å². The topological polar surface area (TPSA) is 45.7 Å². The summed E-state index contributed by atoms with van der Waals surface area (Å²) in [5.74, 6) is 1.02. The monoisotopic (exact) mass is 365 g/mol. The molecule has 2 fully saturated rings. The Bertz CT molecular complexity index is 768. The van der Waals surface area contributed by atoms with Crippen LogP contribution in [0, 0.1) is 5.41 Å². The van der Waals surface area contributed by atoms with Crippen LogP contribution in [0.1, 0.15) is 35.2 Å². The number of carbonyl (C=O) groups excluding carboxylic acids is 1. The van der Waals surface area contributed by atoms with Gasteiger partial charge < -0.3 is 9.64 Å². The van der Waals surface area contributed by atoms with E-state index in [0.717, 1.165) is 51.3 Å². The highest BCUT2D eigenvalue weighted by Crippen LogP contribution is 2.41. The number of methoxy groups -OCH3 is 1. The van der Waals surface area contributed by atoms with Gasteiger partial charge in [0.1, 0.15) is 5.75 Å². The van der Waals surface area contributed by atoms with Gasteiger partial charge >= 0.3 is 0 Å². The third kappa shape index (κ3) is 3.98. The lowest BCUT2D eigenvalue weighted by Gasteiger charge is -2.39. The van der Waals surface area contributed by atoms with Crippen LogP contribution in [0.25, 0.3) is 0 Å². The summed E-state index contributed by atoms with van der Waals surface area (Å²) in [5, 5.41) is 0. The van der Waals surface area contributed by atoms with Gasteiger partial charge in [0.2, 0.25) is 0 Å². The average molecular weight is 365 g/mol. The Kier molecular flexibility index (Phi) is 5.12. The zero-order valence-corrected chi connectivity index (χ0v) is 15.9. The van der Waals surface area contributed by atoms with Crippen molar-refractivity contribution in [2.45, 2.75) is 25.8 Å². The van der Waals surface area contributed by atoms with E-state index in [1.165, 1.54) is 12.0 Å². The third-order valence-electron chi connectivity index (χ3n) is 6.10. The van der Waals surface area contributed by atoms with Crippen LogP contribution in [0.2, 0.25) is 0 Å². The maximum absolute atomic E-state index is 12.6. The molecule has 2 aromatic rings. The van der Waals surface area contributed by atoms with E-state index in [4.69, 9.17) is 4.74 Å². The Morgan fingerprint density at radius 2 is 1.85 bits per heavy atom. The van der Waals surface area contributed by atoms with Crippen LogP contribution in [0.5, 0.6) is 5.75 Å². The molecule has 2 aliphatic rings. The minimum atomic E-state index is 0.117. The highest BCUT2D eigenvalue weighted by atomic mass is 16.5. The van der Waals surface area contributed by atoms with Crippen molar-refractivity contribution in [2.75, 3.05) is 33.3 Å². The zero-order valence-electron chi connectivity index (χ0n) is 15.9. The van der Waals surface area contributed by atoms with E-state index in [2.05, 4.69) is 22.0 Å². The molecule has 3 heterocycles. The van der Waals surface area contributed by atoms with Gasteiger partial charge in [-0.25, -0.2) is 0 Å². The lowest BCUT2D eigenvalue weighted by molar-refractivity contribution is 0.0587. The van der Waals surface area contributed by atoms with E-state index in [0.29, 0.717) is 11.0 Å². The normalized spacial score (nSPS) is 19.4. The van der Waals surface area contributed by atoms with E-state index >= 15 is 0 Å². The molecule has 0 radical (unpaired) electrons. The molecule has 0 N–H and O–H groups in total. The number of nitrogens with zero attached hydrogens (tertiary/aromatic N) is 3. The number of benzene rings is 1. The van der Waals surface area contributed by atoms with Crippen LogP contribution < -0.4 is 4.74 Å². The van der Waals surface area contributed by atoms with Gasteiger partial charge in [0.15, 0.2) is 0 Å². The van der Waals surface area contributed by atoms with E-state index < -0.39 is 0 Å². The highest BCUT2D eigenvalue weighted by Gasteiger charge is 2.41. The molecular weight excluding hydrogens is 338 g/mol. The fourth-order valence-corrected chi connectivity index (χ4v) is 4.42. The van der Waals surface area contributed by atoms with Crippen molar-refractivity contribution in [1.82, 2.24) is 14.8 Å². The number of ether oxygens (including phenoxy) is 1. The van der Waals surface area contributed by atoms with Crippen LogP contribution in [-0.4, -0.2) is 54.0 Å². The summed E-state index contributed by atoms with van der Waals surface area (Å²) in [6.45, 7) is 4.97. The molecule has 0 aliphatic carbocycles. The molecule has 0 atom stereocenters. The SMILES string of the molecule is COc1ccc(CN2CCC3(CCN(C(=O)c4cccnc4)CC3)C2)cc1. The molecule has 2 saturated heterocycles. The fourth-order valence-electron chi connectivity index (χ4n) is 4.42. The van der Waals surface area contributed by atoms with Gasteiger partial charge in [0, 0.05) is 38.6 Å². The first-order valence-electron chi connectivity index (χ1n) is 9.72. The molecule has 0 unspecified atom stereocenters. The predicted octanol–water partition coefficient (Wildman–Crippen LogP) is 3.22. The Morgan fingerprint density at radius 1 is 1.11 bits per heavy atom. The summed E-state index contributed by atoms with van der Waals surface area (Å²) in [4.78, 5) is 21.2. The molecule has 1 amide bonds. The summed E-state index contributed by atoms with van der Waals surface area (Å²) >= 11 is 0. The first-order valence-corrected chi connectivity index (χ1v) is 9.72. The van der Waals surface area contributed by atoms with Crippen molar-refractivity contribution in [3.63, 3.8) is 0 Å². The number of hydrogen-bond acceptors (Lipinski definition) is 4. The Labute approximate surface area is 161 Å². The average Bonchev–Trinajstić information content (AvgIpc) is 3.11. The number of carbonyl (C=O) groups is 1. The van der Waals surface area contributed by atoms with E-state index in [9.17, 15) is 4.79 Å². The molecule has 5 heteroatoms. The quantitative estimate of drug-likeness (QED) is 0.835. The molecule has 142 valence electrons. The van der Waals surface area contributed by atoms with Crippen molar-refractivity contribution in [2.24, 2.45) is 5.41 Å². The van der Waals surface area contributed by atoms with Crippen LogP contribution >= 0.6 is 0 Å². The second-order valence-corrected chi connectivity index (χ2v) is 7.84. The summed E-state index contributed by atoms with van der Waals surface area (Å²) in [6, 6.07) is 12.0. The van der Waals surface area contributed by atoms with Gasteiger partial charge in [0.05, 0.1) is 12.7 Å². The molecule has 4 rings (SSSR count). The van der Waals surface area contributed by atoms with Crippen LogP contribution in [-0.2, 0) is 6.54 Å². The molecule has 0 bridgehead atoms. The Balaban J connectivity index is 1.31. The van der Waals surface area contributed by atoms with Gasteiger partial charge in [0.25, 0.3) is 5.91 Å². The predicted molar refractivity (Wildman–Crippen MR) is 105 cm³/mol. The summed E-state index contributed by atoms with van der Waals surface area (Å²) in [6.07, 6.45) is 6.80. The number of rotatable bonds is 4. The van der Waals surface area contributed by atoms with E-state index in [-0.39, 0.29) is 5.91 Å². The van der Waals surface area contributed by atoms with Crippen molar-refractivity contribution in [3.05, 3.63) is 59.9 Å². The van der Waals surface area contributed by atoms with Gasteiger partial charge in [-0.1, -0.05) is 12.1 Å². The minimum Gasteiger partial charge on any atom is -0.497 e. The number of pyridine rings is 1. The standard InChI is InChI=1S/C22H27N3O2/c1-27-20-6-4-18(5-7-20)16-24-12-8-22(17-24)9-13-25(14-10-22)21(26)19-3-2-11-23-15-19/h2-7,11,15H,8-10,12-14,16-17H2,1H3. The Morgan fingerprint density at radius 3 is 2.52 bits per heavy atom. The lowest BCUT2D eigenvalue weighted by atomic mass is 9.77. The fraction of sp³-hybridized carbons (Fsp3) is 0.455. The zero-order chi connectivity index (χ0) is 18.7. The van der Waals surface area contributed by atoms with Crippen molar-refractivity contribution >= 4 is 5.91 Å². The summed E-state index contributed by atoms with van der Waals surface area (Å²) < 4.78 is 5.24. The van der Waals surface area contributed by atoms with Gasteiger partial charge in [-0.15, -0.1) is 0 Å². The minimum absolute atomic E-state index is 0.117.